The Labute approximate surface area is 139 Å². The highest BCUT2D eigenvalue weighted by Crippen LogP contribution is 2.32. The number of hydrogen-bond donors (Lipinski definition) is 2. The first-order chi connectivity index (χ1) is 11.6. The largest absolute Gasteiger partial charge is 0.378 e. The van der Waals surface area contributed by atoms with Crippen molar-refractivity contribution in [3.05, 3.63) is 34.4 Å². The molecule has 1 atom stereocenters. The maximum atomic E-state index is 12.1. The molecule has 24 heavy (non-hydrogen) atoms. The second-order valence-electron chi connectivity index (χ2n) is 6.17. The van der Waals surface area contributed by atoms with Crippen LogP contribution in [0.5, 0.6) is 0 Å². The average Bonchev–Trinajstić information content (AvgIpc) is 3.33. The second kappa shape index (κ2) is 6.86. The fourth-order valence-corrected chi connectivity index (χ4v) is 2.96. The summed E-state index contributed by atoms with van der Waals surface area (Å²) < 4.78 is 0. The van der Waals surface area contributed by atoms with Gasteiger partial charge >= 0.3 is 0 Å². The third-order valence-electron chi connectivity index (χ3n) is 4.36. The molecule has 8 heteroatoms. The van der Waals surface area contributed by atoms with Crippen molar-refractivity contribution in [3.8, 4) is 0 Å². The van der Waals surface area contributed by atoms with Crippen molar-refractivity contribution in [2.45, 2.75) is 25.3 Å². The Morgan fingerprint density at radius 1 is 1.29 bits per heavy atom. The van der Waals surface area contributed by atoms with E-state index in [9.17, 15) is 19.7 Å². The number of benzene rings is 1. The van der Waals surface area contributed by atoms with E-state index in [1.165, 1.54) is 6.07 Å². The van der Waals surface area contributed by atoms with Crippen LogP contribution in [-0.4, -0.2) is 47.3 Å². The normalized spacial score (nSPS) is 20.1. The minimum absolute atomic E-state index is 0.00490. The second-order valence-corrected chi connectivity index (χ2v) is 6.17. The van der Waals surface area contributed by atoms with Crippen LogP contribution in [-0.2, 0) is 9.59 Å². The molecule has 0 spiro atoms. The van der Waals surface area contributed by atoms with Gasteiger partial charge in [-0.3, -0.25) is 19.7 Å². The van der Waals surface area contributed by atoms with Gasteiger partial charge in [0.2, 0.25) is 11.8 Å². The molecule has 1 aliphatic carbocycles. The van der Waals surface area contributed by atoms with E-state index in [1.807, 2.05) is 4.90 Å². The lowest BCUT2D eigenvalue weighted by Crippen LogP contribution is -2.36. The van der Waals surface area contributed by atoms with Crippen molar-refractivity contribution in [1.82, 2.24) is 10.2 Å². The summed E-state index contributed by atoms with van der Waals surface area (Å²) in [6.07, 6.45) is 2.36. The van der Waals surface area contributed by atoms with Crippen molar-refractivity contribution in [2.75, 3.05) is 25.0 Å². The number of nitro groups is 1. The lowest BCUT2D eigenvalue weighted by Gasteiger charge is -2.15. The summed E-state index contributed by atoms with van der Waals surface area (Å²) in [7, 11) is 0. The first-order valence-electron chi connectivity index (χ1n) is 8.10. The Kier molecular flexibility index (Phi) is 4.64. The Morgan fingerprint density at radius 3 is 2.75 bits per heavy atom. The van der Waals surface area contributed by atoms with E-state index < -0.39 is 4.92 Å². The smallest absolute Gasteiger partial charge is 0.292 e. The molecule has 2 amide bonds. The van der Waals surface area contributed by atoms with Gasteiger partial charge in [0.1, 0.15) is 5.69 Å². The van der Waals surface area contributed by atoms with E-state index in [2.05, 4.69) is 10.6 Å². The van der Waals surface area contributed by atoms with Crippen molar-refractivity contribution in [3.63, 3.8) is 0 Å². The van der Waals surface area contributed by atoms with Crippen LogP contribution in [0.4, 0.5) is 11.4 Å². The highest BCUT2D eigenvalue weighted by molar-refractivity contribution is 5.89. The number of para-hydroxylation sites is 2. The quantitative estimate of drug-likeness (QED) is 0.442. The van der Waals surface area contributed by atoms with Crippen molar-refractivity contribution < 1.29 is 14.5 Å². The summed E-state index contributed by atoms with van der Waals surface area (Å²) in [5, 5.41) is 16.7. The number of carbonyl (C=O) groups excluding carboxylic acids is 2. The number of carbonyl (C=O) groups is 2. The molecular formula is C16H20N4O4. The third kappa shape index (κ3) is 3.64. The molecule has 1 aromatic carbocycles. The minimum atomic E-state index is -0.447. The van der Waals surface area contributed by atoms with Gasteiger partial charge in [-0.1, -0.05) is 12.1 Å². The Balaban J connectivity index is 1.43. The number of nitrogens with zero attached hydrogens (tertiary/aromatic N) is 2. The summed E-state index contributed by atoms with van der Waals surface area (Å²) in [5.41, 5.74) is 0.429. The molecule has 0 bridgehead atoms. The van der Waals surface area contributed by atoms with Crippen LogP contribution in [0.3, 0.4) is 0 Å². The zero-order valence-electron chi connectivity index (χ0n) is 13.2. The van der Waals surface area contributed by atoms with Crippen LogP contribution in [0, 0.1) is 16.0 Å². The van der Waals surface area contributed by atoms with Gasteiger partial charge in [0.15, 0.2) is 0 Å². The van der Waals surface area contributed by atoms with Gasteiger partial charge in [-0.05, 0) is 18.9 Å². The predicted octanol–water partition coefficient (Wildman–Crippen LogP) is 1.13. The third-order valence-corrected chi connectivity index (χ3v) is 4.36. The predicted molar refractivity (Wildman–Crippen MR) is 87.4 cm³/mol. The summed E-state index contributed by atoms with van der Waals surface area (Å²) in [6.45, 7) is 1.23. The van der Waals surface area contributed by atoms with E-state index in [0.29, 0.717) is 31.4 Å². The number of rotatable bonds is 7. The van der Waals surface area contributed by atoms with Gasteiger partial charge in [0, 0.05) is 38.2 Å². The van der Waals surface area contributed by atoms with E-state index in [0.717, 1.165) is 12.8 Å². The van der Waals surface area contributed by atoms with Gasteiger partial charge in [0.05, 0.1) is 10.8 Å². The molecule has 0 aromatic heterocycles. The molecule has 128 valence electrons. The van der Waals surface area contributed by atoms with E-state index in [-0.39, 0.29) is 29.8 Å². The number of nitro benzene ring substituents is 1. The topological polar surface area (TPSA) is 105 Å². The number of anilines is 1. The van der Waals surface area contributed by atoms with Crippen LogP contribution < -0.4 is 10.6 Å². The van der Waals surface area contributed by atoms with Gasteiger partial charge in [-0.25, -0.2) is 0 Å². The van der Waals surface area contributed by atoms with Gasteiger partial charge in [-0.2, -0.15) is 0 Å². The summed E-state index contributed by atoms with van der Waals surface area (Å²) in [5.74, 6) is -0.351. The molecule has 1 saturated carbocycles. The van der Waals surface area contributed by atoms with E-state index >= 15 is 0 Å². The van der Waals surface area contributed by atoms with Gasteiger partial charge in [-0.15, -0.1) is 0 Å². The molecule has 1 aromatic rings. The highest BCUT2D eigenvalue weighted by Gasteiger charge is 2.41. The molecule has 2 aliphatic rings. The van der Waals surface area contributed by atoms with Crippen LogP contribution >= 0.6 is 0 Å². The molecule has 0 unspecified atom stereocenters. The molecule has 8 nitrogen and oxygen atoms in total. The van der Waals surface area contributed by atoms with Crippen LogP contribution in [0.2, 0.25) is 0 Å². The minimum Gasteiger partial charge on any atom is -0.378 e. The fraction of sp³-hybridized carbons (Fsp3) is 0.500. The van der Waals surface area contributed by atoms with Gasteiger partial charge in [0.25, 0.3) is 5.69 Å². The Hall–Kier alpha value is -2.64. The lowest BCUT2D eigenvalue weighted by molar-refractivity contribution is -0.384. The maximum absolute atomic E-state index is 12.1. The zero-order chi connectivity index (χ0) is 17.1. The first-order valence-corrected chi connectivity index (χ1v) is 8.10. The molecule has 1 saturated heterocycles. The summed E-state index contributed by atoms with van der Waals surface area (Å²) in [4.78, 5) is 36.3. The number of nitrogens with one attached hydrogen (secondary N) is 2. The van der Waals surface area contributed by atoms with Gasteiger partial charge < -0.3 is 15.5 Å². The molecule has 3 rings (SSSR count). The molecule has 2 N–H and O–H groups in total. The van der Waals surface area contributed by atoms with Crippen LogP contribution in [0.1, 0.15) is 19.3 Å². The highest BCUT2D eigenvalue weighted by atomic mass is 16.6. The molecule has 1 heterocycles. The van der Waals surface area contributed by atoms with Crippen molar-refractivity contribution in [1.29, 1.82) is 0 Å². The first kappa shape index (κ1) is 16.2. The van der Waals surface area contributed by atoms with Crippen molar-refractivity contribution in [2.24, 2.45) is 5.92 Å². The summed E-state index contributed by atoms with van der Waals surface area (Å²) in [6, 6.07) is 6.72. The molecule has 0 radical (unpaired) electrons. The standard InChI is InChI=1S/C16H20N4O4/c21-15-9-11(10-19(15)12-5-6-12)16(22)18-8-7-17-13-3-1-2-4-14(13)20(23)24/h1-4,11-12,17H,5-10H2,(H,18,22)/t11-/m0/s1. The number of likely N-dealkylation sites (tertiary alicyclic amines) is 1. The SMILES string of the molecule is O=C(NCCNc1ccccc1[N+](=O)[O-])[C@H]1CC(=O)N(C2CC2)C1. The van der Waals surface area contributed by atoms with E-state index in [1.54, 1.807) is 18.2 Å². The average molecular weight is 332 g/mol. The van der Waals surface area contributed by atoms with E-state index in [4.69, 9.17) is 0 Å². The van der Waals surface area contributed by atoms with Crippen LogP contribution in [0.25, 0.3) is 0 Å². The zero-order valence-corrected chi connectivity index (χ0v) is 13.2. The Morgan fingerprint density at radius 2 is 2.04 bits per heavy atom. The number of hydrogen-bond acceptors (Lipinski definition) is 5. The molecular weight excluding hydrogens is 312 g/mol. The number of amides is 2. The maximum Gasteiger partial charge on any atom is 0.292 e. The molecule has 2 fully saturated rings. The monoisotopic (exact) mass is 332 g/mol. The molecule has 1 aliphatic heterocycles. The lowest BCUT2D eigenvalue weighted by atomic mass is 10.1. The Bertz CT molecular complexity index is 659. The fourth-order valence-electron chi connectivity index (χ4n) is 2.96. The van der Waals surface area contributed by atoms with Crippen LogP contribution in [0.15, 0.2) is 24.3 Å². The van der Waals surface area contributed by atoms with Crippen molar-refractivity contribution >= 4 is 23.2 Å². The summed E-state index contributed by atoms with van der Waals surface area (Å²) >= 11 is 0.